The predicted molar refractivity (Wildman–Crippen MR) is 90.6 cm³/mol. The molecule has 3 nitrogen and oxygen atoms in total. The predicted octanol–water partition coefficient (Wildman–Crippen LogP) is 3.96. The van der Waals surface area contributed by atoms with Crippen LogP contribution in [0.1, 0.15) is 12.0 Å². The molecule has 0 saturated heterocycles. The van der Waals surface area contributed by atoms with Crippen LogP contribution in [-0.2, 0) is 20.6 Å². The molecule has 0 N–H and O–H groups in total. The number of rotatable bonds is 12. The molecule has 0 saturated carbocycles. The summed E-state index contributed by atoms with van der Waals surface area (Å²) in [7, 11) is 1.67. The highest BCUT2D eigenvalue weighted by molar-refractivity contribution is 9.09. The zero-order valence-electron chi connectivity index (χ0n) is 12.5. The van der Waals surface area contributed by atoms with Crippen molar-refractivity contribution in [3.05, 3.63) is 34.9 Å². The van der Waals surface area contributed by atoms with Gasteiger partial charge in [0.15, 0.2) is 0 Å². The van der Waals surface area contributed by atoms with Crippen molar-refractivity contribution in [1.29, 1.82) is 0 Å². The van der Waals surface area contributed by atoms with Crippen molar-refractivity contribution in [3.8, 4) is 0 Å². The van der Waals surface area contributed by atoms with Crippen LogP contribution in [0.25, 0.3) is 0 Å². The molecule has 0 aliphatic carbocycles. The number of alkyl halides is 1. The number of benzene rings is 1. The van der Waals surface area contributed by atoms with Gasteiger partial charge in [-0.05, 0) is 30.4 Å². The Hall–Kier alpha value is -0.130. The lowest BCUT2D eigenvalue weighted by Gasteiger charge is -2.15. The van der Waals surface area contributed by atoms with Gasteiger partial charge in [-0.25, -0.2) is 0 Å². The van der Waals surface area contributed by atoms with Gasteiger partial charge in [0.1, 0.15) is 0 Å². The fourth-order valence-electron chi connectivity index (χ4n) is 1.92. The van der Waals surface area contributed by atoms with Gasteiger partial charge in [-0.15, -0.1) is 0 Å². The number of halogens is 2. The summed E-state index contributed by atoms with van der Waals surface area (Å²) >= 11 is 9.77. The van der Waals surface area contributed by atoms with E-state index in [1.807, 2.05) is 18.2 Å². The van der Waals surface area contributed by atoms with Crippen LogP contribution in [0.2, 0.25) is 5.02 Å². The SMILES string of the molecule is COCCOCCOCCC(CBr)Cc1ccccc1Cl. The molecule has 0 aromatic heterocycles. The van der Waals surface area contributed by atoms with Crippen molar-refractivity contribution >= 4 is 27.5 Å². The Balaban J connectivity index is 2.13. The van der Waals surface area contributed by atoms with Crippen molar-refractivity contribution in [2.24, 2.45) is 5.92 Å². The summed E-state index contributed by atoms with van der Waals surface area (Å²) in [5.74, 6) is 0.527. The van der Waals surface area contributed by atoms with Gasteiger partial charge >= 0.3 is 0 Å². The van der Waals surface area contributed by atoms with Crippen LogP contribution < -0.4 is 0 Å². The van der Waals surface area contributed by atoms with Crippen molar-refractivity contribution in [1.82, 2.24) is 0 Å². The molecule has 120 valence electrons. The van der Waals surface area contributed by atoms with E-state index in [0.29, 0.717) is 32.3 Å². The van der Waals surface area contributed by atoms with Gasteiger partial charge < -0.3 is 14.2 Å². The maximum Gasteiger partial charge on any atom is 0.0701 e. The molecule has 0 aliphatic heterocycles. The zero-order valence-corrected chi connectivity index (χ0v) is 14.9. The van der Waals surface area contributed by atoms with Gasteiger partial charge in [0, 0.05) is 24.1 Å². The lowest BCUT2D eigenvalue weighted by atomic mass is 9.98. The van der Waals surface area contributed by atoms with Crippen LogP contribution in [0.3, 0.4) is 0 Å². The van der Waals surface area contributed by atoms with E-state index in [1.165, 1.54) is 5.56 Å². The summed E-state index contributed by atoms with van der Waals surface area (Å²) < 4.78 is 15.8. The molecule has 0 amide bonds. The van der Waals surface area contributed by atoms with Crippen LogP contribution in [-0.4, -0.2) is 45.5 Å². The molecule has 0 spiro atoms. The van der Waals surface area contributed by atoms with E-state index >= 15 is 0 Å². The third kappa shape index (κ3) is 8.79. The molecule has 1 aromatic carbocycles. The van der Waals surface area contributed by atoms with E-state index in [4.69, 9.17) is 25.8 Å². The third-order valence-corrected chi connectivity index (χ3v) is 4.44. The first kappa shape index (κ1) is 18.9. The van der Waals surface area contributed by atoms with Gasteiger partial charge in [-0.2, -0.15) is 0 Å². The summed E-state index contributed by atoms with van der Waals surface area (Å²) in [6.45, 7) is 3.24. The molecule has 0 heterocycles. The molecule has 1 unspecified atom stereocenters. The number of ether oxygens (including phenoxy) is 3. The highest BCUT2D eigenvalue weighted by atomic mass is 79.9. The van der Waals surface area contributed by atoms with Crippen LogP contribution in [0.15, 0.2) is 24.3 Å². The summed E-state index contributed by atoms with van der Waals surface area (Å²) in [4.78, 5) is 0. The molecular weight excluding hydrogens is 356 g/mol. The van der Waals surface area contributed by atoms with Crippen molar-refractivity contribution in [3.63, 3.8) is 0 Å². The van der Waals surface area contributed by atoms with Crippen molar-refractivity contribution in [2.45, 2.75) is 12.8 Å². The molecule has 0 bridgehead atoms. The lowest BCUT2D eigenvalue weighted by Crippen LogP contribution is -2.13. The smallest absolute Gasteiger partial charge is 0.0701 e. The molecular formula is C16H24BrClO3. The van der Waals surface area contributed by atoms with E-state index in [9.17, 15) is 0 Å². The summed E-state index contributed by atoms with van der Waals surface area (Å²) in [5, 5.41) is 1.79. The second-order valence-electron chi connectivity index (χ2n) is 4.82. The molecule has 0 fully saturated rings. The van der Waals surface area contributed by atoms with Gasteiger partial charge in [-0.1, -0.05) is 45.7 Å². The van der Waals surface area contributed by atoms with E-state index in [2.05, 4.69) is 22.0 Å². The summed E-state index contributed by atoms with van der Waals surface area (Å²) in [6, 6.07) is 8.01. The monoisotopic (exact) mass is 378 g/mol. The lowest BCUT2D eigenvalue weighted by molar-refractivity contribution is 0.0223. The standard InChI is InChI=1S/C16H24BrClO3/c1-19-8-9-21-11-10-20-7-6-14(13-17)12-15-4-2-3-5-16(15)18/h2-5,14H,6-13H2,1H3. The minimum Gasteiger partial charge on any atom is -0.382 e. The largest absolute Gasteiger partial charge is 0.382 e. The maximum atomic E-state index is 6.20. The minimum absolute atomic E-state index is 0.527. The van der Waals surface area contributed by atoms with Crippen LogP contribution in [0, 0.1) is 5.92 Å². The van der Waals surface area contributed by atoms with Gasteiger partial charge in [0.2, 0.25) is 0 Å². The fourth-order valence-corrected chi connectivity index (χ4v) is 2.69. The molecule has 1 atom stereocenters. The first-order valence-electron chi connectivity index (χ1n) is 7.21. The molecule has 0 radical (unpaired) electrons. The Bertz CT molecular complexity index is 376. The topological polar surface area (TPSA) is 27.7 Å². The fraction of sp³-hybridized carbons (Fsp3) is 0.625. The van der Waals surface area contributed by atoms with E-state index < -0.39 is 0 Å². The minimum atomic E-state index is 0.527. The average molecular weight is 380 g/mol. The van der Waals surface area contributed by atoms with Gasteiger partial charge in [-0.3, -0.25) is 0 Å². The first-order valence-corrected chi connectivity index (χ1v) is 8.71. The Morgan fingerprint density at radius 3 is 2.38 bits per heavy atom. The van der Waals surface area contributed by atoms with Crippen molar-refractivity contribution in [2.75, 3.05) is 45.5 Å². The second-order valence-corrected chi connectivity index (χ2v) is 5.88. The molecule has 5 heteroatoms. The van der Waals surface area contributed by atoms with Crippen LogP contribution >= 0.6 is 27.5 Å². The van der Waals surface area contributed by atoms with E-state index in [-0.39, 0.29) is 0 Å². The highest BCUT2D eigenvalue weighted by Gasteiger charge is 2.10. The van der Waals surface area contributed by atoms with Crippen LogP contribution in [0.4, 0.5) is 0 Å². The molecule has 0 aliphatic rings. The van der Waals surface area contributed by atoms with Gasteiger partial charge in [0.25, 0.3) is 0 Å². The van der Waals surface area contributed by atoms with Crippen LogP contribution in [0.5, 0.6) is 0 Å². The number of hydrogen-bond acceptors (Lipinski definition) is 3. The zero-order chi connectivity index (χ0) is 15.3. The highest BCUT2D eigenvalue weighted by Crippen LogP contribution is 2.21. The Kier molecular flexibility index (Phi) is 11.2. The van der Waals surface area contributed by atoms with E-state index in [1.54, 1.807) is 7.11 Å². The second kappa shape index (κ2) is 12.4. The Morgan fingerprint density at radius 2 is 1.71 bits per heavy atom. The maximum absolute atomic E-state index is 6.20. The summed E-state index contributed by atoms with van der Waals surface area (Å²) in [5.41, 5.74) is 1.20. The first-order chi connectivity index (χ1) is 10.3. The van der Waals surface area contributed by atoms with Gasteiger partial charge in [0.05, 0.1) is 26.4 Å². The van der Waals surface area contributed by atoms with E-state index in [0.717, 1.165) is 29.8 Å². The molecule has 21 heavy (non-hydrogen) atoms. The Morgan fingerprint density at radius 1 is 1.05 bits per heavy atom. The third-order valence-electron chi connectivity index (χ3n) is 3.16. The number of hydrogen-bond donors (Lipinski definition) is 0. The van der Waals surface area contributed by atoms with Crippen molar-refractivity contribution < 1.29 is 14.2 Å². The molecule has 1 aromatic rings. The number of methoxy groups -OCH3 is 1. The molecule has 1 rings (SSSR count). The average Bonchev–Trinajstić information content (AvgIpc) is 2.50. The summed E-state index contributed by atoms with van der Waals surface area (Å²) in [6.07, 6.45) is 1.98. The Labute approximate surface area is 141 Å². The normalized spacial score (nSPS) is 12.5. The quantitative estimate of drug-likeness (QED) is 0.406.